The third-order valence-corrected chi connectivity index (χ3v) is 11.4. The Bertz CT molecular complexity index is 848. The number of nitrogens with one attached hydrogen (secondary N) is 2. The van der Waals surface area contributed by atoms with E-state index < -0.39 is 8.24 Å². The molecule has 1 aliphatic heterocycles. The second-order valence-electron chi connectivity index (χ2n) is 8.75. The standard InChI is InChI=1S/C22H29N3OSi/c1-27(2,25-14-23-13-24-15-25)22-12-19(17-8-4-5-9-18(17)22)21-11-16-7-3-6-10-20(16)26-21/h3-11,17-19,22-24H,12-15H2,1-2H3. The third kappa shape index (κ3) is 2.93. The van der Waals surface area contributed by atoms with Crippen LogP contribution in [0.5, 0.6) is 0 Å². The van der Waals surface area contributed by atoms with Crippen molar-refractivity contribution in [1.82, 2.24) is 15.2 Å². The number of para-hydroxylation sites is 1. The van der Waals surface area contributed by atoms with Crippen LogP contribution in [0.3, 0.4) is 0 Å². The summed E-state index contributed by atoms with van der Waals surface area (Å²) < 4.78 is 9.01. The van der Waals surface area contributed by atoms with Crippen molar-refractivity contribution in [3.05, 3.63) is 60.4 Å². The zero-order valence-corrected chi connectivity index (χ0v) is 17.2. The molecule has 0 bridgehead atoms. The minimum Gasteiger partial charge on any atom is -0.461 e. The van der Waals surface area contributed by atoms with E-state index in [1.807, 2.05) is 0 Å². The number of benzene rings is 1. The summed E-state index contributed by atoms with van der Waals surface area (Å²) in [5.41, 5.74) is 1.74. The van der Waals surface area contributed by atoms with Crippen molar-refractivity contribution in [3.63, 3.8) is 0 Å². The number of nitrogens with zero attached hydrogens (tertiary/aromatic N) is 1. The first-order chi connectivity index (χ1) is 13.1. The lowest BCUT2D eigenvalue weighted by molar-refractivity contribution is 0.283. The van der Waals surface area contributed by atoms with Gasteiger partial charge in [0, 0.05) is 31.3 Å². The number of fused-ring (bicyclic) bond motifs is 2. The van der Waals surface area contributed by atoms with Crippen molar-refractivity contribution in [2.24, 2.45) is 11.8 Å². The van der Waals surface area contributed by atoms with E-state index in [4.69, 9.17) is 4.42 Å². The topological polar surface area (TPSA) is 40.4 Å². The third-order valence-electron chi connectivity index (χ3n) is 7.05. The zero-order chi connectivity index (χ0) is 18.4. The lowest BCUT2D eigenvalue weighted by atomic mass is 9.85. The maximum atomic E-state index is 6.33. The van der Waals surface area contributed by atoms with Gasteiger partial charge >= 0.3 is 0 Å². The van der Waals surface area contributed by atoms with Gasteiger partial charge in [0.05, 0.1) is 0 Å². The molecule has 1 saturated carbocycles. The van der Waals surface area contributed by atoms with E-state index in [-0.39, 0.29) is 0 Å². The number of furan rings is 1. The molecule has 4 unspecified atom stereocenters. The Balaban J connectivity index is 1.49. The molecule has 2 fully saturated rings. The second kappa shape index (κ2) is 6.74. The van der Waals surface area contributed by atoms with Gasteiger partial charge in [-0.05, 0) is 35.9 Å². The van der Waals surface area contributed by atoms with Crippen molar-refractivity contribution in [2.45, 2.75) is 31.0 Å². The van der Waals surface area contributed by atoms with Gasteiger partial charge in [-0.1, -0.05) is 55.6 Å². The average Bonchev–Trinajstić information content (AvgIpc) is 3.30. The van der Waals surface area contributed by atoms with Crippen molar-refractivity contribution in [3.8, 4) is 0 Å². The van der Waals surface area contributed by atoms with Crippen molar-refractivity contribution in [2.75, 3.05) is 20.0 Å². The van der Waals surface area contributed by atoms with Crippen molar-refractivity contribution < 1.29 is 4.42 Å². The summed E-state index contributed by atoms with van der Waals surface area (Å²) in [6.07, 6.45) is 10.6. The number of rotatable bonds is 3. The molecular weight excluding hydrogens is 350 g/mol. The largest absolute Gasteiger partial charge is 0.461 e. The summed E-state index contributed by atoms with van der Waals surface area (Å²) in [5.74, 6) is 2.83. The van der Waals surface area contributed by atoms with Gasteiger partial charge in [-0.3, -0.25) is 15.2 Å². The minimum atomic E-state index is -1.61. The minimum absolute atomic E-state index is 0.478. The molecule has 2 aromatic rings. The SMILES string of the molecule is C[Si](C)(C1CC(c2cc3ccccc3o2)C2C=CC=CC21)N1CNCNC1. The van der Waals surface area contributed by atoms with Crippen molar-refractivity contribution >= 4 is 19.2 Å². The van der Waals surface area contributed by atoms with Crippen LogP contribution in [0.1, 0.15) is 18.1 Å². The summed E-state index contributed by atoms with van der Waals surface area (Å²) in [7, 11) is -1.61. The van der Waals surface area contributed by atoms with Gasteiger partial charge in [0.15, 0.2) is 0 Å². The highest BCUT2D eigenvalue weighted by Crippen LogP contribution is 2.57. The van der Waals surface area contributed by atoms with Crippen LogP contribution in [0.2, 0.25) is 18.6 Å². The molecule has 2 heterocycles. The first-order valence-corrected chi connectivity index (χ1v) is 13.2. The fourth-order valence-corrected chi connectivity index (χ4v) is 9.07. The molecule has 27 heavy (non-hydrogen) atoms. The lowest BCUT2D eigenvalue weighted by Crippen LogP contribution is -2.63. The van der Waals surface area contributed by atoms with Gasteiger partial charge in [0.1, 0.15) is 19.6 Å². The summed E-state index contributed by atoms with van der Waals surface area (Å²) >= 11 is 0. The predicted molar refractivity (Wildman–Crippen MR) is 113 cm³/mol. The molecule has 4 atom stereocenters. The lowest BCUT2D eigenvalue weighted by Gasteiger charge is -2.45. The van der Waals surface area contributed by atoms with Crippen LogP contribution in [0.25, 0.3) is 11.0 Å². The Labute approximate surface area is 162 Å². The van der Waals surface area contributed by atoms with E-state index in [0.717, 1.165) is 31.1 Å². The zero-order valence-electron chi connectivity index (χ0n) is 16.2. The highest BCUT2D eigenvalue weighted by molar-refractivity contribution is 6.76. The van der Waals surface area contributed by atoms with Crippen LogP contribution in [-0.4, -0.2) is 32.8 Å². The first kappa shape index (κ1) is 17.4. The average molecular weight is 380 g/mol. The molecule has 1 saturated heterocycles. The van der Waals surface area contributed by atoms with E-state index >= 15 is 0 Å². The van der Waals surface area contributed by atoms with E-state index in [0.29, 0.717) is 17.8 Å². The molecule has 1 aromatic carbocycles. The maximum absolute atomic E-state index is 6.33. The van der Waals surface area contributed by atoms with Crippen LogP contribution < -0.4 is 10.6 Å². The molecular formula is C22H29N3OSi. The monoisotopic (exact) mass is 379 g/mol. The fourth-order valence-electron chi connectivity index (χ4n) is 5.45. The van der Waals surface area contributed by atoms with Gasteiger partial charge in [0.25, 0.3) is 0 Å². The quantitative estimate of drug-likeness (QED) is 0.784. The Kier molecular flexibility index (Phi) is 4.35. The number of hydrogen-bond acceptors (Lipinski definition) is 4. The van der Waals surface area contributed by atoms with E-state index in [9.17, 15) is 0 Å². The summed E-state index contributed by atoms with van der Waals surface area (Å²) in [6, 6.07) is 10.7. The molecule has 4 nitrogen and oxygen atoms in total. The fraction of sp³-hybridized carbons (Fsp3) is 0.455. The van der Waals surface area contributed by atoms with E-state index in [1.54, 1.807) is 0 Å². The van der Waals surface area contributed by atoms with Crippen LogP contribution in [0.4, 0.5) is 0 Å². The summed E-state index contributed by atoms with van der Waals surface area (Å²) in [5, 5.41) is 8.22. The van der Waals surface area contributed by atoms with Gasteiger partial charge in [-0.15, -0.1) is 0 Å². The molecule has 5 rings (SSSR count). The molecule has 0 spiro atoms. The predicted octanol–water partition coefficient (Wildman–Crippen LogP) is 4.22. The summed E-state index contributed by atoms with van der Waals surface area (Å²) in [4.78, 5) is 0. The molecule has 142 valence electrons. The van der Waals surface area contributed by atoms with Gasteiger partial charge in [0.2, 0.25) is 0 Å². The Morgan fingerprint density at radius 3 is 2.56 bits per heavy atom. The molecule has 3 aliphatic rings. The van der Waals surface area contributed by atoms with E-state index in [2.05, 4.69) is 82.9 Å². The van der Waals surface area contributed by atoms with Gasteiger partial charge in [-0.2, -0.15) is 0 Å². The molecule has 0 amide bonds. The van der Waals surface area contributed by atoms with Crippen LogP contribution in [-0.2, 0) is 0 Å². The molecule has 2 N–H and O–H groups in total. The molecule has 0 radical (unpaired) electrons. The van der Waals surface area contributed by atoms with Gasteiger partial charge < -0.3 is 4.42 Å². The smallest absolute Gasteiger partial charge is 0.134 e. The number of hydrogen-bond donors (Lipinski definition) is 2. The highest BCUT2D eigenvalue weighted by atomic mass is 28.3. The van der Waals surface area contributed by atoms with E-state index in [1.165, 1.54) is 17.6 Å². The first-order valence-electron chi connectivity index (χ1n) is 10.1. The maximum Gasteiger partial charge on any atom is 0.134 e. The molecule has 5 heteroatoms. The van der Waals surface area contributed by atoms with Crippen molar-refractivity contribution in [1.29, 1.82) is 0 Å². The van der Waals surface area contributed by atoms with Gasteiger partial charge in [-0.25, -0.2) is 0 Å². The number of allylic oxidation sites excluding steroid dienone is 4. The molecule has 1 aromatic heterocycles. The Morgan fingerprint density at radius 2 is 1.78 bits per heavy atom. The Hall–Kier alpha value is -1.66. The summed E-state index contributed by atoms with van der Waals surface area (Å²) in [6.45, 7) is 8.04. The molecule has 2 aliphatic carbocycles. The Morgan fingerprint density at radius 1 is 1.04 bits per heavy atom. The highest BCUT2D eigenvalue weighted by Gasteiger charge is 2.52. The van der Waals surface area contributed by atoms with Crippen LogP contribution >= 0.6 is 0 Å². The van der Waals surface area contributed by atoms with Crippen LogP contribution in [0.15, 0.2) is 59.1 Å². The van der Waals surface area contributed by atoms with Crippen LogP contribution in [0, 0.1) is 11.8 Å². The normalized spacial score (nSPS) is 31.5. The second-order valence-corrected chi connectivity index (χ2v) is 13.4.